The van der Waals surface area contributed by atoms with E-state index in [-0.39, 0.29) is 0 Å². The number of hydrogen-bond donors (Lipinski definition) is 0. The van der Waals surface area contributed by atoms with Gasteiger partial charge in [-0.2, -0.15) is 0 Å². The number of hydrogen-bond acceptors (Lipinski definition) is 3. The summed E-state index contributed by atoms with van der Waals surface area (Å²) in [6, 6.07) is 23.7. The van der Waals surface area contributed by atoms with Gasteiger partial charge in [-0.15, -0.1) is 0 Å². The maximum Gasteiger partial charge on any atom is 0.150 e. The smallest absolute Gasteiger partial charge is 0.150 e. The predicted octanol–water partition coefficient (Wildman–Crippen LogP) is 10.7. The molecule has 0 fully saturated rings. The Labute approximate surface area is 256 Å². The molecule has 0 heterocycles. The van der Waals surface area contributed by atoms with Crippen molar-refractivity contribution in [2.45, 2.75) is 79.1 Å². The summed E-state index contributed by atoms with van der Waals surface area (Å²) in [5, 5.41) is 0. The summed E-state index contributed by atoms with van der Waals surface area (Å²) in [7, 11) is 0. The van der Waals surface area contributed by atoms with Gasteiger partial charge in [0.1, 0.15) is 6.29 Å². The first kappa shape index (κ1) is 32.9. The van der Waals surface area contributed by atoms with Crippen molar-refractivity contribution in [2.75, 3.05) is 36.0 Å². The third-order valence-electron chi connectivity index (χ3n) is 7.72. The van der Waals surface area contributed by atoms with Gasteiger partial charge in [0.2, 0.25) is 0 Å². The first-order valence-corrected chi connectivity index (χ1v) is 16.3. The lowest BCUT2D eigenvalue weighted by atomic mass is 10.0. The molecular weight excluding hydrogens is 512 g/mol. The summed E-state index contributed by atoms with van der Waals surface area (Å²) in [5.74, 6) is 0. The summed E-state index contributed by atoms with van der Waals surface area (Å²) in [6.45, 7) is 13.5. The van der Waals surface area contributed by atoms with Crippen molar-refractivity contribution in [1.29, 1.82) is 0 Å². The Morgan fingerprint density at radius 3 is 1.07 bits per heavy atom. The van der Waals surface area contributed by atoms with E-state index in [0.717, 1.165) is 54.7 Å². The molecule has 0 bridgehead atoms. The molecule has 3 rings (SSSR count). The Morgan fingerprint density at radius 2 is 0.762 bits per heavy atom. The minimum atomic E-state index is 0.687. The summed E-state index contributed by atoms with van der Waals surface area (Å²) in [6.07, 6.45) is 19.1. The van der Waals surface area contributed by atoms with E-state index >= 15 is 0 Å². The van der Waals surface area contributed by atoms with Gasteiger partial charge in [-0.05, 0) is 90.4 Å². The van der Waals surface area contributed by atoms with Gasteiger partial charge in [-0.25, -0.2) is 0 Å². The Balaban J connectivity index is 1.71. The highest BCUT2D eigenvalue weighted by Crippen LogP contribution is 2.21. The van der Waals surface area contributed by atoms with Crippen LogP contribution in [0.1, 0.15) is 112 Å². The van der Waals surface area contributed by atoms with Crippen LogP contribution in [0.3, 0.4) is 0 Å². The topological polar surface area (TPSA) is 23.6 Å². The number of nitrogens with zero attached hydrogens (tertiary/aromatic N) is 2. The van der Waals surface area contributed by atoms with Crippen molar-refractivity contribution >= 4 is 42.0 Å². The zero-order valence-electron chi connectivity index (χ0n) is 26.5. The van der Waals surface area contributed by atoms with Gasteiger partial charge < -0.3 is 9.80 Å². The van der Waals surface area contributed by atoms with Crippen LogP contribution in [0.5, 0.6) is 0 Å². The van der Waals surface area contributed by atoms with E-state index in [9.17, 15) is 4.79 Å². The third kappa shape index (κ3) is 11.0. The van der Waals surface area contributed by atoms with Gasteiger partial charge >= 0.3 is 0 Å². The summed E-state index contributed by atoms with van der Waals surface area (Å²) in [4.78, 5) is 16.7. The molecule has 224 valence electrons. The lowest BCUT2D eigenvalue weighted by Gasteiger charge is -2.24. The van der Waals surface area contributed by atoms with Crippen LogP contribution in [-0.2, 0) is 0 Å². The van der Waals surface area contributed by atoms with Crippen molar-refractivity contribution < 1.29 is 4.79 Å². The van der Waals surface area contributed by atoms with E-state index in [1.807, 2.05) is 12.1 Å². The number of anilines is 2. The van der Waals surface area contributed by atoms with Crippen LogP contribution in [-0.4, -0.2) is 32.5 Å². The molecule has 0 spiro atoms. The molecule has 0 aliphatic heterocycles. The van der Waals surface area contributed by atoms with Crippen LogP contribution in [0, 0.1) is 0 Å². The highest BCUT2D eigenvalue weighted by molar-refractivity contribution is 5.82. The van der Waals surface area contributed by atoms with E-state index in [2.05, 4.69) is 116 Å². The molecule has 3 aromatic rings. The normalized spacial score (nSPS) is 11.4. The summed E-state index contributed by atoms with van der Waals surface area (Å²) < 4.78 is 0. The van der Waals surface area contributed by atoms with Gasteiger partial charge in [0.05, 0.1) is 0 Å². The molecule has 0 atom stereocenters. The lowest BCUT2D eigenvalue weighted by molar-refractivity contribution is 0.112. The van der Waals surface area contributed by atoms with Crippen molar-refractivity contribution in [3.8, 4) is 0 Å². The average molecular weight is 565 g/mol. The quantitative estimate of drug-likeness (QED) is 0.107. The minimum Gasteiger partial charge on any atom is -0.372 e. The summed E-state index contributed by atoms with van der Waals surface area (Å²) in [5.41, 5.74) is 7.64. The molecule has 0 aliphatic carbocycles. The Hall–Kier alpha value is -3.59. The second-order valence-corrected chi connectivity index (χ2v) is 11.3. The predicted molar refractivity (Wildman–Crippen MR) is 187 cm³/mol. The number of benzene rings is 3. The SMILES string of the molecule is CCCCN(CCCC)c1ccc(C=Cc2cc(C=O)cc(C=Cc3ccc(N(CCCC)CCCC)cc3)c2)cc1. The molecule has 0 N–H and O–H groups in total. The van der Waals surface area contributed by atoms with E-state index in [1.165, 1.54) is 62.7 Å². The maximum absolute atomic E-state index is 11.7. The van der Waals surface area contributed by atoms with Gasteiger partial charge in [0, 0.05) is 43.1 Å². The van der Waals surface area contributed by atoms with Gasteiger partial charge in [-0.3, -0.25) is 4.79 Å². The molecule has 0 saturated carbocycles. The van der Waals surface area contributed by atoms with Crippen LogP contribution in [0.15, 0.2) is 66.7 Å². The average Bonchev–Trinajstić information content (AvgIpc) is 3.03. The van der Waals surface area contributed by atoms with E-state index < -0.39 is 0 Å². The van der Waals surface area contributed by atoms with Crippen LogP contribution in [0.4, 0.5) is 11.4 Å². The fraction of sp³-hybridized carbons (Fsp3) is 0.410. The standard InChI is InChI=1S/C39H52N2O/c1-5-9-25-40(26-10-6-2)38-21-17-33(18-22-38)13-15-35-29-36(31-37(30-35)32-42)16-14-34-19-23-39(24-20-34)41(27-11-7-3)28-12-8-4/h13-24,29-32H,5-12,25-28H2,1-4H3. The van der Waals surface area contributed by atoms with Crippen LogP contribution in [0.2, 0.25) is 0 Å². The number of carbonyl (C=O) groups excluding carboxylic acids is 1. The van der Waals surface area contributed by atoms with Gasteiger partial charge in [0.25, 0.3) is 0 Å². The third-order valence-corrected chi connectivity index (χ3v) is 7.72. The van der Waals surface area contributed by atoms with Crippen molar-refractivity contribution in [3.05, 3.63) is 94.5 Å². The van der Waals surface area contributed by atoms with Crippen molar-refractivity contribution in [1.82, 2.24) is 0 Å². The van der Waals surface area contributed by atoms with Crippen molar-refractivity contribution in [3.63, 3.8) is 0 Å². The van der Waals surface area contributed by atoms with Crippen LogP contribution >= 0.6 is 0 Å². The summed E-state index contributed by atoms with van der Waals surface area (Å²) >= 11 is 0. The lowest BCUT2D eigenvalue weighted by Crippen LogP contribution is -2.25. The zero-order chi connectivity index (χ0) is 30.0. The fourth-order valence-corrected chi connectivity index (χ4v) is 5.08. The molecule has 0 amide bonds. The second-order valence-electron chi connectivity index (χ2n) is 11.3. The largest absolute Gasteiger partial charge is 0.372 e. The molecule has 42 heavy (non-hydrogen) atoms. The highest BCUT2D eigenvalue weighted by atomic mass is 16.1. The number of unbranched alkanes of at least 4 members (excludes halogenated alkanes) is 4. The minimum absolute atomic E-state index is 0.687. The Kier molecular flexibility index (Phi) is 14.7. The van der Waals surface area contributed by atoms with E-state index in [4.69, 9.17) is 0 Å². The van der Waals surface area contributed by atoms with Crippen molar-refractivity contribution in [2.24, 2.45) is 0 Å². The first-order chi connectivity index (χ1) is 20.6. The molecule has 3 nitrogen and oxygen atoms in total. The molecule has 0 unspecified atom stereocenters. The monoisotopic (exact) mass is 564 g/mol. The van der Waals surface area contributed by atoms with E-state index in [1.54, 1.807) is 0 Å². The molecule has 0 saturated heterocycles. The maximum atomic E-state index is 11.7. The first-order valence-electron chi connectivity index (χ1n) is 16.3. The van der Waals surface area contributed by atoms with Crippen LogP contribution in [0.25, 0.3) is 24.3 Å². The van der Waals surface area contributed by atoms with Gasteiger partial charge in [-0.1, -0.05) is 102 Å². The molecule has 3 heteroatoms. The molecular formula is C39H52N2O. The van der Waals surface area contributed by atoms with Crippen LogP contribution < -0.4 is 9.80 Å². The number of rotatable bonds is 19. The molecule has 0 aliphatic rings. The molecule has 3 aromatic carbocycles. The highest BCUT2D eigenvalue weighted by Gasteiger charge is 2.07. The number of carbonyl (C=O) groups is 1. The fourth-order valence-electron chi connectivity index (χ4n) is 5.08. The number of aldehydes is 1. The zero-order valence-corrected chi connectivity index (χ0v) is 26.5. The Bertz CT molecular complexity index is 1130. The second kappa shape index (κ2) is 18.8. The molecule has 0 radical (unpaired) electrons. The van der Waals surface area contributed by atoms with E-state index in [0.29, 0.717) is 5.56 Å². The Morgan fingerprint density at radius 1 is 0.452 bits per heavy atom. The van der Waals surface area contributed by atoms with Gasteiger partial charge in [0.15, 0.2) is 0 Å². The molecule has 0 aromatic heterocycles.